The summed E-state index contributed by atoms with van der Waals surface area (Å²) in [6, 6.07) is 5.96. The van der Waals surface area contributed by atoms with Gasteiger partial charge in [0.25, 0.3) is 5.91 Å². The van der Waals surface area contributed by atoms with E-state index in [-0.39, 0.29) is 16.3 Å². The van der Waals surface area contributed by atoms with Crippen molar-refractivity contribution in [1.82, 2.24) is 0 Å². The smallest absolute Gasteiger partial charge is 0.258 e. The maximum absolute atomic E-state index is 13.4. The van der Waals surface area contributed by atoms with Crippen molar-refractivity contribution in [2.24, 2.45) is 0 Å². The van der Waals surface area contributed by atoms with Crippen LogP contribution in [-0.2, 0) is 0 Å². The van der Waals surface area contributed by atoms with E-state index in [0.29, 0.717) is 0 Å². The molecule has 6 heteroatoms. The quantitative estimate of drug-likeness (QED) is 0.887. The number of nitrogens with one attached hydrogen (secondary N) is 1. The average Bonchev–Trinajstić information content (AvgIpc) is 2.36. The van der Waals surface area contributed by atoms with Crippen molar-refractivity contribution >= 4 is 23.2 Å². The number of benzene rings is 2. The standard InChI is InChI=1S/C13H7ClF3NO/c14-7-1-3-10(16)9(5-7)13(19)18-12-6-8(15)2-4-11(12)17/h1-6H,(H,18,19). The zero-order valence-corrected chi connectivity index (χ0v) is 10.1. The predicted octanol–water partition coefficient (Wildman–Crippen LogP) is 4.01. The first-order valence-corrected chi connectivity index (χ1v) is 5.56. The van der Waals surface area contributed by atoms with Crippen LogP contribution in [0, 0.1) is 17.5 Å². The van der Waals surface area contributed by atoms with Gasteiger partial charge in [0.2, 0.25) is 0 Å². The summed E-state index contributed by atoms with van der Waals surface area (Å²) in [5.74, 6) is -3.26. The van der Waals surface area contributed by atoms with Gasteiger partial charge in [0, 0.05) is 11.1 Å². The Balaban J connectivity index is 2.30. The van der Waals surface area contributed by atoms with Gasteiger partial charge in [-0.1, -0.05) is 11.6 Å². The summed E-state index contributed by atoms with van der Waals surface area (Å²) in [5, 5.41) is 2.24. The number of amides is 1. The Kier molecular flexibility index (Phi) is 3.76. The maximum atomic E-state index is 13.4. The maximum Gasteiger partial charge on any atom is 0.258 e. The van der Waals surface area contributed by atoms with E-state index in [9.17, 15) is 18.0 Å². The van der Waals surface area contributed by atoms with Crippen LogP contribution in [-0.4, -0.2) is 5.91 Å². The molecular formula is C13H7ClF3NO. The molecule has 0 saturated carbocycles. The summed E-state index contributed by atoms with van der Waals surface area (Å²) in [6.07, 6.45) is 0. The summed E-state index contributed by atoms with van der Waals surface area (Å²) < 4.78 is 39.7. The summed E-state index contributed by atoms with van der Waals surface area (Å²) in [4.78, 5) is 11.8. The number of hydrogen-bond donors (Lipinski definition) is 1. The second-order valence-electron chi connectivity index (χ2n) is 3.70. The van der Waals surface area contributed by atoms with Crippen molar-refractivity contribution in [1.29, 1.82) is 0 Å². The van der Waals surface area contributed by atoms with Gasteiger partial charge < -0.3 is 5.32 Å². The van der Waals surface area contributed by atoms with Gasteiger partial charge in [-0.15, -0.1) is 0 Å². The van der Waals surface area contributed by atoms with Crippen LogP contribution in [0.15, 0.2) is 36.4 Å². The Hall–Kier alpha value is -2.01. The van der Waals surface area contributed by atoms with Crippen molar-refractivity contribution in [3.05, 3.63) is 64.4 Å². The van der Waals surface area contributed by atoms with Crippen LogP contribution < -0.4 is 5.32 Å². The van der Waals surface area contributed by atoms with Crippen molar-refractivity contribution in [3.63, 3.8) is 0 Å². The highest BCUT2D eigenvalue weighted by molar-refractivity contribution is 6.31. The summed E-state index contributed by atoms with van der Waals surface area (Å²) in [5.41, 5.74) is -0.722. The minimum Gasteiger partial charge on any atom is -0.319 e. The third-order valence-corrected chi connectivity index (χ3v) is 2.58. The van der Waals surface area contributed by atoms with Crippen LogP contribution in [0.2, 0.25) is 5.02 Å². The Labute approximate surface area is 111 Å². The van der Waals surface area contributed by atoms with Crippen LogP contribution in [0.4, 0.5) is 18.9 Å². The number of hydrogen-bond acceptors (Lipinski definition) is 1. The molecule has 2 rings (SSSR count). The molecule has 0 atom stereocenters. The summed E-state index contributed by atoms with van der Waals surface area (Å²) in [6.45, 7) is 0. The van der Waals surface area contributed by atoms with E-state index in [4.69, 9.17) is 11.6 Å². The van der Waals surface area contributed by atoms with Gasteiger partial charge in [0.05, 0.1) is 11.3 Å². The van der Waals surface area contributed by atoms with Gasteiger partial charge in [0.15, 0.2) is 0 Å². The lowest BCUT2D eigenvalue weighted by Crippen LogP contribution is -2.15. The molecule has 0 heterocycles. The minimum absolute atomic E-state index is 0.159. The van der Waals surface area contributed by atoms with Crippen molar-refractivity contribution in [2.45, 2.75) is 0 Å². The number of anilines is 1. The molecule has 0 unspecified atom stereocenters. The number of carbonyl (C=O) groups excluding carboxylic acids is 1. The highest BCUT2D eigenvalue weighted by Gasteiger charge is 2.14. The molecule has 0 spiro atoms. The van der Waals surface area contributed by atoms with Crippen LogP contribution in [0.5, 0.6) is 0 Å². The topological polar surface area (TPSA) is 29.1 Å². The minimum atomic E-state index is -0.913. The second kappa shape index (κ2) is 5.32. The zero-order chi connectivity index (χ0) is 14.0. The molecule has 0 aliphatic heterocycles. The molecule has 0 bridgehead atoms. The molecule has 1 N–H and O–H groups in total. The normalized spacial score (nSPS) is 10.3. The monoisotopic (exact) mass is 285 g/mol. The lowest BCUT2D eigenvalue weighted by molar-refractivity contribution is 0.102. The molecule has 19 heavy (non-hydrogen) atoms. The van der Waals surface area contributed by atoms with Crippen molar-refractivity contribution < 1.29 is 18.0 Å². The van der Waals surface area contributed by atoms with Crippen molar-refractivity contribution in [3.8, 4) is 0 Å². The van der Waals surface area contributed by atoms with Crippen molar-refractivity contribution in [2.75, 3.05) is 5.32 Å². The Morgan fingerprint density at radius 2 is 1.68 bits per heavy atom. The van der Waals surface area contributed by atoms with Crippen LogP contribution in [0.3, 0.4) is 0 Å². The molecule has 0 saturated heterocycles. The van der Waals surface area contributed by atoms with Gasteiger partial charge >= 0.3 is 0 Å². The van der Waals surface area contributed by atoms with Gasteiger partial charge in [-0.25, -0.2) is 13.2 Å². The molecule has 0 aromatic heterocycles. The number of carbonyl (C=O) groups is 1. The highest BCUT2D eigenvalue weighted by atomic mass is 35.5. The molecule has 0 fully saturated rings. The molecule has 0 aliphatic rings. The fourth-order valence-corrected chi connectivity index (χ4v) is 1.63. The first-order valence-electron chi connectivity index (χ1n) is 5.19. The first kappa shape index (κ1) is 13.4. The third kappa shape index (κ3) is 3.06. The largest absolute Gasteiger partial charge is 0.319 e. The molecule has 98 valence electrons. The van der Waals surface area contributed by atoms with Crippen LogP contribution in [0.25, 0.3) is 0 Å². The fourth-order valence-electron chi connectivity index (χ4n) is 1.45. The van der Waals surface area contributed by atoms with E-state index in [1.807, 2.05) is 0 Å². The molecule has 2 aromatic carbocycles. The van der Waals surface area contributed by atoms with E-state index in [0.717, 1.165) is 30.3 Å². The van der Waals surface area contributed by atoms with E-state index >= 15 is 0 Å². The molecule has 0 aliphatic carbocycles. The van der Waals surface area contributed by atoms with E-state index < -0.39 is 23.4 Å². The molecule has 0 radical (unpaired) electrons. The zero-order valence-electron chi connectivity index (χ0n) is 9.38. The second-order valence-corrected chi connectivity index (χ2v) is 4.14. The van der Waals surface area contributed by atoms with E-state index in [1.165, 1.54) is 6.07 Å². The summed E-state index contributed by atoms with van der Waals surface area (Å²) in [7, 11) is 0. The average molecular weight is 286 g/mol. The molecular weight excluding hydrogens is 279 g/mol. The van der Waals surface area contributed by atoms with Gasteiger partial charge in [0.1, 0.15) is 17.5 Å². The number of rotatable bonds is 2. The number of halogens is 4. The van der Waals surface area contributed by atoms with Gasteiger partial charge in [-0.05, 0) is 30.3 Å². The summed E-state index contributed by atoms with van der Waals surface area (Å²) >= 11 is 5.64. The highest BCUT2D eigenvalue weighted by Crippen LogP contribution is 2.19. The van der Waals surface area contributed by atoms with Gasteiger partial charge in [-0.2, -0.15) is 0 Å². The lowest BCUT2D eigenvalue weighted by atomic mass is 10.2. The molecule has 1 amide bonds. The molecule has 2 aromatic rings. The van der Waals surface area contributed by atoms with E-state index in [1.54, 1.807) is 0 Å². The SMILES string of the molecule is O=C(Nc1cc(F)ccc1F)c1cc(Cl)ccc1F. The van der Waals surface area contributed by atoms with Crippen LogP contribution >= 0.6 is 11.6 Å². The third-order valence-electron chi connectivity index (χ3n) is 2.35. The Morgan fingerprint density at radius 1 is 1.00 bits per heavy atom. The Morgan fingerprint density at radius 3 is 2.42 bits per heavy atom. The lowest BCUT2D eigenvalue weighted by Gasteiger charge is -2.07. The first-order chi connectivity index (χ1) is 8.97. The van der Waals surface area contributed by atoms with E-state index in [2.05, 4.69) is 5.32 Å². The fraction of sp³-hybridized carbons (Fsp3) is 0. The van der Waals surface area contributed by atoms with Gasteiger partial charge in [-0.3, -0.25) is 4.79 Å². The van der Waals surface area contributed by atoms with Crippen LogP contribution in [0.1, 0.15) is 10.4 Å². The molecule has 2 nitrogen and oxygen atoms in total. The predicted molar refractivity (Wildman–Crippen MR) is 65.7 cm³/mol. The Bertz CT molecular complexity index is 646.